The van der Waals surface area contributed by atoms with Gasteiger partial charge in [-0.05, 0) is 19.4 Å². The predicted molar refractivity (Wildman–Crippen MR) is 50.5 cm³/mol. The third kappa shape index (κ3) is 4.83. The Labute approximate surface area is 83.2 Å². The van der Waals surface area contributed by atoms with Gasteiger partial charge in [-0.3, -0.25) is 4.90 Å². The average Bonchev–Trinajstić information content (AvgIpc) is 2.12. The lowest BCUT2D eigenvalue weighted by Crippen LogP contribution is -2.44. The second-order valence-corrected chi connectivity index (χ2v) is 3.67. The van der Waals surface area contributed by atoms with E-state index >= 15 is 0 Å². The maximum absolute atomic E-state index is 11.7. The number of rotatable bonds is 5. The summed E-state index contributed by atoms with van der Waals surface area (Å²) >= 11 is 0. The summed E-state index contributed by atoms with van der Waals surface area (Å²) in [6.07, 6.45) is -0.205. The molecule has 1 unspecified atom stereocenters. The van der Waals surface area contributed by atoms with Gasteiger partial charge in [-0.2, -0.15) is 0 Å². The van der Waals surface area contributed by atoms with Crippen molar-refractivity contribution < 1.29 is 13.5 Å². The molecular formula is C9H18F2N2O. The third-order valence-electron chi connectivity index (χ3n) is 2.34. The van der Waals surface area contributed by atoms with E-state index in [1.54, 1.807) is 0 Å². The lowest BCUT2D eigenvalue weighted by atomic mass is 10.1. The summed E-state index contributed by atoms with van der Waals surface area (Å²) in [6.45, 7) is 2.49. The molecule has 1 atom stereocenters. The van der Waals surface area contributed by atoms with E-state index in [1.807, 2.05) is 0 Å². The molecule has 0 radical (unpaired) electrons. The number of likely N-dealkylation sites (tertiary alicyclic amines) is 1. The molecule has 0 aliphatic carbocycles. The van der Waals surface area contributed by atoms with Gasteiger partial charge in [0.15, 0.2) is 0 Å². The van der Waals surface area contributed by atoms with E-state index in [0.29, 0.717) is 13.2 Å². The average molecular weight is 208 g/mol. The Morgan fingerprint density at radius 1 is 1.50 bits per heavy atom. The quantitative estimate of drug-likeness (QED) is 0.676. The van der Waals surface area contributed by atoms with Crippen LogP contribution in [0.25, 0.3) is 0 Å². The van der Waals surface area contributed by atoms with Gasteiger partial charge in [0.2, 0.25) is 0 Å². The summed E-state index contributed by atoms with van der Waals surface area (Å²) in [6, 6.07) is 0.235. The molecule has 1 saturated heterocycles. The number of nitrogens with zero attached hydrogens (tertiary/aromatic N) is 1. The van der Waals surface area contributed by atoms with E-state index in [4.69, 9.17) is 10.5 Å². The number of hydrogen-bond donors (Lipinski definition) is 1. The van der Waals surface area contributed by atoms with E-state index in [0.717, 1.165) is 25.9 Å². The van der Waals surface area contributed by atoms with Crippen molar-refractivity contribution in [2.45, 2.75) is 25.3 Å². The largest absolute Gasteiger partial charge is 0.374 e. The minimum absolute atomic E-state index is 0.235. The van der Waals surface area contributed by atoms with Crippen molar-refractivity contribution in [2.75, 3.05) is 32.8 Å². The number of alkyl halides is 2. The van der Waals surface area contributed by atoms with Gasteiger partial charge in [0.1, 0.15) is 6.61 Å². The van der Waals surface area contributed by atoms with Gasteiger partial charge in [0.25, 0.3) is 6.43 Å². The zero-order valence-electron chi connectivity index (χ0n) is 8.29. The number of ether oxygens (including phenoxy) is 1. The van der Waals surface area contributed by atoms with Gasteiger partial charge in [0, 0.05) is 19.1 Å². The van der Waals surface area contributed by atoms with Gasteiger partial charge < -0.3 is 10.5 Å². The van der Waals surface area contributed by atoms with Crippen LogP contribution in [0.3, 0.4) is 0 Å². The fraction of sp³-hybridized carbons (Fsp3) is 1.00. The van der Waals surface area contributed by atoms with Crippen molar-refractivity contribution in [3.05, 3.63) is 0 Å². The first-order valence-electron chi connectivity index (χ1n) is 5.02. The van der Waals surface area contributed by atoms with E-state index in [2.05, 4.69) is 4.90 Å². The zero-order valence-corrected chi connectivity index (χ0v) is 8.29. The van der Waals surface area contributed by atoms with Gasteiger partial charge in [-0.25, -0.2) is 8.78 Å². The van der Waals surface area contributed by atoms with Crippen LogP contribution in [0.5, 0.6) is 0 Å². The number of piperidine rings is 1. The monoisotopic (exact) mass is 208 g/mol. The highest BCUT2D eigenvalue weighted by molar-refractivity contribution is 4.74. The molecule has 0 aromatic heterocycles. The number of nitrogens with two attached hydrogens (primary N) is 1. The Bertz CT molecular complexity index is 158. The fourth-order valence-electron chi connectivity index (χ4n) is 1.66. The summed E-state index contributed by atoms with van der Waals surface area (Å²) in [7, 11) is 0. The molecule has 0 bridgehead atoms. The van der Waals surface area contributed by atoms with Gasteiger partial charge in [-0.1, -0.05) is 0 Å². The van der Waals surface area contributed by atoms with Crippen molar-refractivity contribution in [1.82, 2.24) is 4.90 Å². The second kappa shape index (κ2) is 6.27. The van der Waals surface area contributed by atoms with Crippen molar-refractivity contribution in [1.29, 1.82) is 0 Å². The molecule has 2 N–H and O–H groups in total. The lowest BCUT2D eigenvalue weighted by Gasteiger charge is -2.30. The molecule has 1 rings (SSSR count). The van der Waals surface area contributed by atoms with Gasteiger partial charge in [-0.15, -0.1) is 0 Å². The fourth-order valence-corrected chi connectivity index (χ4v) is 1.66. The summed E-state index contributed by atoms with van der Waals surface area (Å²) < 4.78 is 28.2. The van der Waals surface area contributed by atoms with Crippen LogP contribution in [0.1, 0.15) is 12.8 Å². The molecule has 1 fully saturated rings. The van der Waals surface area contributed by atoms with Crippen LogP contribution < -0.4 is 5.73 Å². The molecule has 0 aromatic rings. The van der Waals surface area contributed by atoms with Crippen LogP contribution in [-0.4, -0.2) is 50.2 Å². The molecule has 84 valence electrons. The first-order chi connectivity index (χ1) is 6.68. The van der Waals surface area contributed by atoms with Crippen molar-refractivity contribution in [2.24, 2.45) is 5.73 Å². The maximum atomic E-state index is 11.7. The summed E-state index contributed by atoms with van der Waals surface area (Å²) in [5, 5.41) is 0. The summed E-state index contributed by atoms with van der Waals surface area (Å²) in [5.74, 6) is 0. The molecule has 14 heavy (non-hydrogen) atoms. The predicted octanol–water partition coefficient (Wildman–Crippen LogP) is 0.691. The van der Waals surface area contributed by atoms with E-state index < -0.39 is 13.0 Å². The second-order valence-electron chi connectivity index (χ2n) is 3.67. The first-order valence-corrected chi connectivity index (χ1v) is 5.02. The Balaban J connectivity index is 2.00. The molecule has 1 aliphatic rings. The molecule has 5 heteroatoms. The molecule has 1 aliphatic heterocycles. The van der Waals surface area contributed by atoms with Crippen molar-refractivity contribution >= 4 is 0 Å². The molecule has 0 aromatic carbocycles. The zero-order chi connectivity index (χ0) is 10.4. The number of hydrogen-bond acceptors (Lipinski definition) is 3. The molecule has 0 saturated carbocycles. The molecule has 0 spiro atoms. The first kappa shape index (κ1) is 11.8. The summed E-state index contributed by atoms with van der Waals surface area (Å²) in [5.41, 5.74) is 5.78. The lowest BCUT2D eigenvalue weighted by molar-refractivity contribution is 0.00773. The molecule has 3 nitrogen and oxygen atoms in total. The Kier molecular flexibility index (Phi) is 5.29. The maximum Gasteiger partial charge on any atom is 0.261 e. The minimum Gasteiger partial charge on any atom is -0.374 e. The highest BCUT2D eigenvalue weighted by atomic mass is 19.3. The summed E-state index contributed by atoms with van der Waals surface area (Å²) in [4.78, 5) is 2.17. The normalized spacial score (nSPS) is 24.4. The highest BCUT2D eigenvalue weighted by Crippen LogP contribution is 2.07. The van der Waals surface area contributed by atoms with Gasteiger partial charge in [0.05, 0.1) is 6.61 Å². The Morgan fingerprint density at radius 3 is 2.93 bits per heavy atom. The highest BCUT2D eigenvalue weighted by Gasteiger charge is 2.15. The van der Waals surface area contributed by atoms with Crippen LogP contribution in [0.4, 0.5) is 8.78 Å². The van der Waals surface area contributed by atoms with Crippen molar-refractivity contribution in [3.8, 4) is 0 Å². The van der Waals surface area contributed by atoms with Crippen LogP contribution in [0.15, 0.2) is 0 Å². The van der Waals surface area contributed by atoms with E-state index in [-0.39, 0.29) is 6.04 Å². The standard InChI is InChI=1S/C9H18F2N2O/c10-9(11)7-14-5-4-13-3-1-2-8(12)6-13/h8-9H,1-7,12H2. The Hall–Kier alpha value is -0.260. The van der Waals surface area contributed by atoms with Crippen LogP contribution in [-0.2, 0) is 4.74 Å². The van der Waals surface area contributed by atoms with Gasteiger partial charge >= 0.3 is 0 Å². The molecular weight excluding hydrogens is 190 g/mol. The number of halogens is 2. The topological polar surface area (TPSA) is 38.5 Å². The van der Waals surface area contributed by atoms with E-state index in [9.17, 15) is 8.78 Å². The molecule has 0 amide bonds. The SMILES string of the molecule is NC1CCCN(CCOCC(F)F)C1. The van der Waals surface area contributed by atoms with E-state index in [1.165, 1.54) is 0 Å². The molecule has 1 heterocycles. The van der Waals surface area contributed by atoms with Crippen LogP contribution in [0.2, 0.25) is 0 Å². The van der Waals surface area contributed by atoms with Crippen molar-refractivity contribution in [3.63, 3.8) is 0 Å². The smallest absolute Gasteiger partial charge is 0.261 e. The van der Waals surface area contributed by atoms with Crippen LogP contribution >= 0.6 is 0 Å². The van der Waals surface area contributed by atoms with Crippen LogP contribution in [0, 0.1) is 0 Å². The Morgan fingerprint density at radius 2 is 2.29 bits per heavy atom. The third-order valence-corrected chi connectivity index (χ3v) is 2.34. The minimum atomic E-state index is -2.36.